The van der Waals surface area contributed by atoms with Crippen molar-refractivity contribution in [2.24, 2.45) is 0 Å². The van der Waals surface area contributed by atoms with E-state index in [9.17, 15) is 9.59 Å². The predicted octanol–water partition coefficient (Wildman–Crippen LogP) is 1.15. The molecule has 2 N–H and O–H groups in total. The molecule has 1 fully saturated rings. The molecule has 1 atom stereocenters. The summed E-state index contributed by atoms with van der Waals surface area (Å²) in [6.45, 7) is 6.11. The zero-order valence-corrected chi connectivity index (χ0v) is 16.3. The molecule has 8 heteroatoms. The number of nitrogens with zero attached hydrogens (tertiary/aromatic N) is 2. The number of methoxy groups -OCH3 is 1. The summed E-state index contributed by atoms with van der Waals surface area (Å²) < 4.78 is 4.96. The van der Waals surface area contributed by atoms with E-state index in [1.807, 2.05) is 11.8 Å². The van der Waals surface area contributed by atoms with Crippen molar-refractivity contribution < 1.29 is 14.3 Å². The number of amides is 2. The molecule has 26 heavy (non-hydrogen) atoms. The molecule has 0 aliphatic carbocycles. The first-order chi connectivity index (χ1) is 12.6. The van der Waals surface area contributed by atoms with Crippen LogP contribution in [-0.2, 0) is 9.53 Å². The fourth-order valence-corrected chi connectivity index (χ4v) is 3.72. The Labute approximate surface area is 159 Å². The number of pyridine rings is 1. The number of ether oxygens (including phenoxy) is 1. The number of hydrogen-bond donors (Lipinski definition) is 2. The summed E-state index contributed by atoms with van der Waals surface area (Å²) in [4.78, 5) is 31.1. The van der Waals surface area contributed by atoms with Crippen LogP contribution in [0.4, 0.5) is 0 Å². The predicted molar refractivity (Wildman–Crippen MR) is 102 cm³/mol. The number of aromatic nitrogens is 1. The fourth-order valence-electron chi connectivity index (χ4n) is 2.73. The highest BCUT2D eigenvalue weighted by molar-refractivity contribution is 8.00. The molecule has 2 rings (SSSR count). The quantitative estimate of drug-likeness (QED) is 0.468. The molecule has 7 nitrogen and oxygen atoms in total. The minimum absolute atomic E-state index is 0.117. The number of thioether (sulfide) groups is 1. The zero-order valence-electron chi connectivity index (χ0n) is 15.5. The van der Waals surface area contributed by atoms with Gasteiger partial charge < -0.3 is 20.3 Å². The van der Waals surface area contributed by atoms with Crippen LogP contribution in [0.25, 0.3) is 0 Å². The van der Waals surface area contributed by atoms with Crippen molar-refractivity contribution in [2.45, 2.75) is 30.0 Å². The Balaban J connectivity index is 1.87. The fraction of sp³-hybridized carbons (Fsp3) is 0.611. The Hall–Kier alpha value is -1.64. The third-order valence-electron chi connectivity index (χ3n) is 4.14. The van der Waals surface area contributed by atoms with E-state index in [4.69, 9.17) is 4.74 Å². The summed E-state index contributed by atoms with van der Waals surface area (Å²) in [5.41, 5.74) is 0.510. The number of hydrogen-bond acceptors (Lipinski definition) is 6. The van der Waals surface area contributed by atoms with Gasteiger partial charge in [0.15, 0.2) is 0 Å². The van der Waals surface area contributed by atoms with Crippen LogP contribution >= 0.6 is 11.8 Å². The SMILES string of the molecule is COCCNCCNC(=O)c1cccnc1SC(C)C(=O)N1CCCC1. The second kappa shape index (κ2) is 11.2. The average Bonchev–Trinajstić information content (AvgIpc) is 3.19. The smallest absolute Gasteiger partial charge is 0.254 e. The molecule has 1 unspecified atom stereocenters. The minimum Gasteiger partial charge on any atom is -0.383 e. The highest BCUT2D eigenvalue weighted by Crippen LogP contribution is 2.26. The Morgan fingerprint density at radius 1 is 1.31 bits per heavy atom. The topological polar surface area (TPSA) is 83.6 Å². The number of rotatable bonds is 10. The van der Waals surface area contributed by atoms with Crippen LogP contribution in [-0.4, -0.2) is 73.4 Å². The van der Waals surface area contributed by atoms with E-state index in [1.54, 1.807) is 25.4 Å². The van der Waals surface area contributed by atoms with Crippen molar-refractivity contribution in [1.29, 1.82) is 0 Å². The van der Waals surface area contributed by atoms with Crippen LogP contribution in [0.3, 0.4) is 0 Å². The molecule has 0 aromatic carbocycles. The van der Waals surface area contributed by atoms with Gasteiger partial charge in [-0.05, 0) is 31.9 Å². The van der Waals surface area contributed by atoms with Crippen molar-refractivity contribution in [2.75, 3.05) is 46.4 Å². The normalized spacial score (nSPS) is 15.1. The third-order valence-corrected chi connectivity index (χ3v) is 5.24. The Bertz CT molecular complexity index is 594. The molecular weight excluding hydrogens is 352 g/mol. The molecular formula is C18H28N4O3S. The van der Waals surface area contributed by atoms with Crippen LogP contribution in [0.1, 0.15) is 30.1 Å². The molecule has 2 amide bonds. The maximum absolute atomic E-state index is 12.5. The summed E-state index contributed by atoms with van der Waals surface area (Å²) in [5, 5.41) is 6.39. The average molecular weight is 381 g/mol. The second-order valence-electron chi connectivity index (χ2n) is 6.15. The van der Waals surface area contributed by atoms with Crippen molar-refractivity contribution in [1.82, 2.24) is 20.5 Å². The lowest BCUT2D eigenvalue weighted by atomic mass is 10.2. The van der Waals surface area contributed by atoms with E-state index in [-0.39, 0.29) is 17.1 Å². The number of carbonyl (C=O) groups excluding carboxylic acids is 2. The van der Waals surface area contributed by atoms with E-state index in [1.165, 1.54) is 11.8 Å². The monoisotopic (exact) mass is 380 g/mol. The summed E-state index contributed by atoms with van der Waals surface area (Å²) >= 11 is 1.35. The van der Waals surface area contributed by atoms with E-state index in [0.29, 0.717) is 30.3 Å². The van der Waals surface area contributed by atoms with Gasteiger partial charge in [-0.1, -0.05) is 11.8 Å². The molecule has 0 bridgehead atoms. The third kappa shape index (κ3) is 6.26. The zero-order chi connectivity index (χ0) is 18.8. The van der Waals surface area contributed by atoms with Gasteiger partial charge >= 0.3 is 0 Å². The first-order valence-corrected chi connectivity index (χ1v) is 9.89. The standard InChI is InChI=1S/C18H28N4O3S/c1-14(18(24)22-11-3-4-12-22)26-17-15(6-5-7-21-17)16(23)20-9-8-19-10-13-25-2/h5-7,14,19H,3-4,8-13H2,1-2H3,(H,20,23). The van der Waals surface area contributed by atoms with Gasteiger partial charge in [-0.15, -0.1) is 0 Å². The van der Waals surface area contributed by atoms with Crippen molar-refractivity contribution in [3.63, 3.8) is 0 Å². The van der Waals surface area contributed by atoms with Crippen molar-refractivity contribution in [3.8, 4) is 0 Å². The molecule has 0 saturated carbocycles. The van der Waals surface area contributed by atoms with E-state index in [0.717, 1.165) is 32.5 Å². The molecule has 1 saturated heterocycles. The van der Waals surface area contributed by atoms with Crippen LogP contribution in [0, 0.1) is 0 Å². The number of carbonyl (C=O) groups is 2. The van der Waals surface area contributed by atoms with Crippen LogP contribution in [0.15, 0.2) is 23.4 Å². The van der Waals surface area contributed by atoms with Gasteiger partial charge in [-0.25, -0.2) is 4.98 Å². The lowest BCUT2D eigenvalue weighted by molar-refractivity contribution is -0.129. The molecule has 0 spiro atoms. The molecule has 1 aliphatic heterocycles. The largest absolute Gasteiger partial charge is 0.383 e. The lowest BCUT2D eigenvalue weighted by Gasteiger charge is -2.20. The van der Waals surface area contributed by atoms with Crippen molar-refractivity contribution in [3.05, 3.63) is 23.9 Å². The summed E-state index contributed by atoms with van der Waals surface area (Å²) in [7, 11) is 1.65. The molecule has 1 aromatic rings. The minimum atomic E-state index is -0.259. The molecule has 1 aliphatic rings. The second-order valence-corrected chi connectivity index (χ2v) is 7.48. The maximum Gasteiger partial charge on any atom is 0.254 e. The number of likely N-dealkylation sites (tertiary alicyclic amines) is 1. The van der Waals surface area contributed by atoms with Crippen LogP contribution in [0.2, 0.25) is 0 Å². The van der Waals surface area contributed by atoms with Gasteiger partial charge in [0.25, 0.3) is 5.91 Å². The Kier molecular flexibility index (Phi) is 8.87. The van der Waals surface area contributed by atoms with Gasteiger partial charge in [0.05, 0.1) is 17.4 Å². The van der Waals surface area contributed by atoms with Gasteiger partial charge in [-0.3, -0.25) is 9.59 Å². The van der Waals surface area contributed by atoms with Crippen molar-refractivity contribution >= 4 is 23.6 Å². The molecule has 1 aromatic heterocycles. The van der Waals surface area contributed by atoms with Crippen LogP contribution in [0.5, 0.6) is 0 Å². The lowest BCUT2D eigenvalue weighted by Crippen LogP contribution is -2.35. The summed E-state index contributed by atoms with van der Waals surface area (Å²) in [5.74, 6) is -0.0539. The maximum atomic E-state index is 12.5. The highest BCUT2D eigenvalue weighted by atomic mass is 32.2. The van der Waals surface area contributed by atoms with Gasteiger partial charge in [0.2, 0.25) is 5.91 Å². The van der Waals surface area contributed by atoms with E-state index < -0.39 is 0 Å². The van der Waals surface area contributed by atoms with E-state index >= 15 is 0 Å². The van der Waals surface area contributed by atoms with Gasteiger partial charge in [-0.2, -0.15) is 0 Å². The summed E-state index contributed by atoms with van der Waals surface area (Å²) in [6.07, 6.45) is 3.79. The van der Waals surface area contributed by atoms with E-state index in [2.05, 4.69) is 15.6 Å². The first kappa shape index (κ1) is 20.7. The molecule has 0 radical (unpaired) electrons. The Morgan fingerprint density at radius 3 is 2.81 bits per heavy atom. The molecule has 2 heterocycles. The van der Waals surface area contributed by atoms with Crippen LogP contribution < -0.4 is 10.6 Å². The Morgan fingerprint density at radius 2 is 2.08 bits per heavy atom. The highest BCUT2D eigenvalue weighted by Gasteiger charge is 2.25. The molecule has 144 valence electrons. The first-order valence-electron chi connectivity index (χ1n) is 9.01. The van der Waals surface area contributed by atoms with Gasteiger partial charge in [0.1, 0.15) is 5.03 Å². The van der Waals surface area contributed by atoms with Gasteiger partial charge in [0, 0.05) is 46.0 Å². The summed E-state index contributed by atoms with van der Waals surface area (Å²) in [6, 6.07) is 3.48. The number of nitrogens with one attached hydrogen (secondary N) is 2.